The Balaban J connectivity index is 2.82. The molecule has 1 heterocycles. The van der Waals surface area contributed by atoms with Gasteiger partial charge in [-0.05, 0) is 44.0 Å². The van der Waals surface area contributed by atoms with E-state index >= 15 is 0 Å². The number of hydrogen-bond acceptors (Lipinski definition) is 3. The van der Waals surface area contributed by atoms with E-state index in [1.165, 1.54) is 0 Å². The minimum Gasteiger partial charge on any atom is -0.506 e. The van der Waals surface area contributed by atoms with Crippen molar-refractivity contribution in [1.29, 1.82) is 0 Å². The fourth-order valence-corrected chi connectivity index (χ4v) is 1.93. The Morgan fingerprint density at radius 1 is 1.35 bits per heavy atom. The van der Waals surface area contributed by atoms with Crippen LogP contribution in [0.15, 0.2) is 18.2 Å². The lowest BCUT2D eigenvalue weighted by atomic mass is 10.00. The van der Waals surface area contributed by atoms with Gasteiger partial charge in [0.25, 0.3) is 0 Å². The smallest absolute Gasteiger partial charge is 0.159 e. The van der Waals surface area contributed by atoms with E-state index in [1.807, 2.05) is 13.0 Å². The molecule has 0 saturated heterocycles. The zero-order chi connectivity index (χ0) is 12.6. The maximum absolute atomic E-state index is 11.4. The summed E-state index contributed by atoms with van der Waals surface area (Å²) in [4.78, 5) is 15.8. The van der Waals surface area contributed by atoms with Gasteiger partial charge in [0.15, 0.2) is 5.78 Å². The van der Waals surface area contributed by atoms with Crippen LogP contribution in [0.2, 0.25) is 0 Å². The molecule has 1 N–H and O–H groups in total. The van der Waals surface area contributed by atoms with E-state index in [1.54, 1.807) is 26.0 Å². The number of Topliss-reactive ketones (excluding diaryl/α,β-unsaturated/α-hetero) is 1. The second-order valence-electron chi connectivity index (χ2n) is 4.20. The van der Waals surface area contributed by atoms with E-state index < -0.39 is 0 Å². The molecule has 2 aromatic rings. The van der Waals surface area contributed by atoms with Crippen molar-refractivity contribution >= 4 is 16.7 Å². The summed E-state index contributed by atoms with van der Waals surface area (Å²) in [5.41, 5.74) is 3.06. The molecule has 0 radical (unpaired) electrons. The number of fused-ring (bicyclic) bond motifs is 1. The Bertz CT molecular complexity index is 603. The van der Waals surface area contributed by atoms with Crippen LogP contribution < -0.4 is 0 Å². The molecule has 0 aliphatic rings. The highest BCUT2D eigenvalue weighted by atomic mass is 16.3. The third-order valence-corrected chi connectivity index (χ3v) is 2.97. The van der Waals surface area contributed by atoms with E-state index in [-0.39, 0.29) is 11.5 Å². The molecule has 0 saturated carbocycles. The average molecular weight is 229 g/mol. The molecule has 0 unspecified atom stereocenters. The van der Waals surface area contributed by atoms with Crippen LogP contribution >= 0.6 is 0 Å². The molecule has 88 valence electrons. The van der Waals surface area contributed by atoms with Gasteiger partial charge in [-0.3, -0.25) is 4.79 Å². The molecule has 3 heteroatoms. The monoisotopic (exact) mass is 229 g/mol. The number of pyridine rings is 1. The van der Waals surface area contributed by atoms with Gasteiger partial charge < -0.3 is 5.11 Å². The van der Waals surface area contributed by atoms with E-state index in [0.29, 0.717) is 11.3 Å². The summed E-state index contributed by atoms with van der Waals surface area (Å²) < 4.78 is 0. The predicted octanol–water partition coefficient (Wildman–Crippen LogP) is 3.01. The van der Waals surface area contributed by atoms with Crippen molar-refractivity contribution in [2.45, 2.75) is 27.2 Å². The zero-order valence-corrected chi connectivity index (χ0v) is 10.2. The maximum Gasteiger partial charge on any atom is 0.159 e. The van der Waals surface area contributed by atoms with E-state index in [9.17, 15) is 9.90 Å². The highest BCUT2D eigenvalue weighted by molar-refractivity contribution is 5.99. The van der Waals surface area contributed by atoms with Crippen molar-refractivity contribution in [3.63, 3.8) is 0 Å². The topological polar surface area (TPSA) is 50.2 Å². The number of aromatic hydroxyl groups is 1. The lowest BCUT2D eigenvalue weighted by molar-refractivity contribution is 0.101. The predicted molar refractivity (Wildman–Crippen MR) is 67.5 cm³/mol. The second-order valence-corrected chi connectivity index (χ2v) is 4.20. The summed E-state index contributed by atoms with van der Waals surface area (Å²) in [6.45, 7) is 5.32. The first kappa shape index (κ1) is 11.6. The van der Waals surface area contributed by atoms with Gasteiger partial charge in [-0.1, -0.05) is 6.92 Å². The van der Waals surface area contributed by atoms with Crippen LogP contribution in [0.4, 0.5) is 0 Å². The van der Waals surface area contributed by atoms with Crippen LogP contribution in [0.1, 0.15) is 35.5 Å². The molecule has 0 atom stereocenters. The largest absolute Gasteiger partial charge is 0.506 e. The number of nitrogens with zero attached hydrogens (tertiary/aromatic N) is 1. The number of ketones is 1. The number of carbonyl (C=O) groups excluding carboxylic acids is 1. The van der Waals surface area contributed by atoms with Crippen LogP contribution in [-0.2, 0) is 6.42 Å². The van der Waals surface area contributed by atoms with E-state index in [4.69, 9.17) is 0 Å². The Kier molecular flexibility index (Phi) is 2.84. The average Bonchev–Trinajstić information content (AvgIpc) is 2.29. The van der Waals surface area contributed by atoms with Gasteiger partial charge in [0.1, 0.15) is 5.75 Å². The van der Waals surface area contributed by atoms with Crippen LogP contribution in [0, 0.1) is 6.92 Å². The van der Waals surface area contributed by atoms with Crippen molar-refractivity contribution < 1.29 is 9.90 Å². The van der Waals surface area contributed by atoms with Crippen LogP contribution in [0.5, 0.6) is 5.75 Å². The number of rotatable bonds is 2. The molecule has 1 aromatic carbocycles. The van der Waals surface area contributed by atoms with Gasteiger partial charge in [-0.15, -0.1) is 0 Å². The summed E-state index contributed by atoms with van der Waals surface area (Å²) in [6.07, 6.45) is 0.807. The van der Waals surface area contributed by atoms with Gasteiger partial charge in [0, 0.05) is 10.9 Å². The highest BCUT2D eigenvalue weighted by Crippen LogP contribution is 2.26. The summed E-state index contributed by atoms with van der Waals surface area (Å²) in [6, 6.07) is 5.38. The van der Waals surface area contributed by atoms with Gasteiger partial charge in [0.2, 0.25) is 0 Å². The van der Waals surface area contributed by atoms with Crippen LogP contribution in [-0.4, -0.2) is 15.9 Å². The summed E-state index contributed by atoms with van der Waals surface area (Å²) in [5, 5.41) is 10.6. The minimum absolute atomic E-state index is 0.0362. The Hall–Kier alpha value is -1.90. The molecule has 0 bridgehead atoms. The molecule has 0 fully saturated rings. The van der Waals surface area contributed by atoms with E-state index in [2.05, 4.69) is 4.98 Å². The summed E-state index contributed by atoms with van der Waals surface area (Å²) in [7, 11) is 0. The van der Waals surface area contributed by atoms with Crippen molar-refractivity contribution in [2.75, 3.05) is 0 Å². The third kappa shape index (κ3) is 2.00. The van der Waals surface area contributed by atoms with E-state index in [0.717, 1.165) is 22.9 Å². The quantitative estimate of drug-likeness (QED) is 0.805. The lowest BCUT2D eigenvalue weighted by Crippen LogP contribution is -1.97. The molecule has 0 spiro atoms. The van der Waals surface area contributed by atoms with Gasteiger partial charge in [-0.2, -0.15) is 0 Å². The Labute approximate surface area is 100 Å². The number of carbonyl (C=O) groups is 1. The molecule has 0 amide bonds. The molecular weight excluding hydrogens is 214 g/mol. The fourth-order valence-electron chi connectivity index (χ4n) is 1.93. The third-order valence-electron chi connectivity index (χ3n) is 2.97. The molecule has 3 nitrogen and oxygen atoms in total. The van der Waals surface area contributed by atoms with Crippen molar-refractivity contribution in [1.82, 2.24) is 4.98 Å². The van der Waals surface area contributed by atoms with Crippen molar-refractivity contribution in [2.24, 2.45) is 0 Å². The number of aryl methyl sites for hydroxylation is 2. The normalized spacial score (nSPS) is 10.8. The van der Waals surface area contributed by atoms with Crippen molar-refractivity contribution in [3.05, 3.63) is 35.0 Å². The molecular formula is C14H15NO2. The summed E-state index contributed by atoms with van der Waals surface area (Å²) >= 11 is 0. The molecule has 17 heavy (non-hydrogen) atoms. The summed E-state index contributed by atoms with van der Waals surface area (Å²) in [5.74, 6) is 0.233. The van der Waals surface area contributed by atoms with Crippen LogP contribution in [0.25, 0.3) is 10.9 Å². The molecule has 0 aliphatic carbocycles. The Morgan fingerprint density at radius 2 is 2.06 bits per heavy atom. The SMILES string of the molecule is CCc1cc(C(C)=O)cc2nc(C)c(O)cc12. The first-order valence-corrected chi connectivity index (χ1v) is 5.67. The number of aromatic nitrogens is 1. The maximum atomic E-state index is 11.4. The molecule has 1 aromatic heterocycles. The lowest BCUT2D eigenvalue weighted by Gasteiger charge is -2.08. The van der Waals surface area contributed by atoms with Gasteiger partial charge >= 0.3 is 0 Å². The Morgan fingerprint density at radius 3 is 2.65 bits per heavy atom. The van der Waals surface area contributed by atoms with Gasteiger partial charge in [-0.25, -0.2) is 4.98 Å². The van der Waals surface area contributed by atoms with Crippen molar-refractivity contribution in [3.8, 4) is 5.75 Å². The molecule has 2 rings (SSSR count). The fraction of sp³-hybridized carbons (Fsp3) is 0.286. The second kappa shape index (κ2) is 4.17. The van der Waals surface area contributed by atoms with Crippen LogP contribution in [0.3, 0.4) is 0 Å². The number of hydrogen-bond donors (Lipinski definition) is 1. The standard InChI is InChI=1S/C14H15NO2/c1-4-10-5-11(9(3)16)6-13-12(10)7-14(17)8(2)15-13/h5-7,17H,4H2,1-3H3. The number of benzene rings is 1. The van der Waals surface area contributed by atoms with Gasteiger partial charge in [0.05, 0.1) is 11.2 Å². The molecule has 0 aliphatic heterocycles. The zero-order valence-electron chi connectivity index (χ0n) is 10.2. The first-order chi connectivity index (χ1) is 8.02. The first-order valence-electron chi connectivity index (χ1n) is 5.67. The minimum atomic E-state index is 0.0362. The highest BCUT2D eigenvalue weighted by Gasteiger charge is 2.09.